The molecule has 0 fully saturated rings. The Hall–Kier alpha value is -6.70. The average Bonchev–Trinajstić information content (AvgIpc) is 3.49. The third-order valence-electron chi connectivity index (χ3n) is 12.0. The summed E-state index contributed by atoms with van der Waals surface area (Å²) in [7, 11) is 0. The molecule has 0 saturated carbocycles. The Kier molecular flexibility index (Phi) is 8.37. The van der Waals surface area contributed by atoms with Crippen LogP contribution >= 0.6 is 0 Å². The molecule has 0 heterocycles. The molecule has 268 valence electrons. The minimum Gasteiger partial charge on any atom is -0.310 e. The molecule has 0 aromatic heterocycles. The van der Waals surface area contributed by atoms with Crippen molar-refractivity contribution in [1.29, 1.82) is 0 Å². The fraction of sp³-hybridized carbons (Fsp3) is 0.0909. The van der Waals surface area contributed by atoms with E-state index in [9.17, 15) is 0 Å². The number of benzene rings is 8. The average molecular weight is 718 g/mol. The molecule has 0 N–H and O–H groups in total. The third kappa shape index (κ3) is 5.79. The maximum Gasteiger partial charge on any atom is 0.0536 e. The van der Waals surface area contributed by atoms with Gasteiger partial charge in [-0.05, 0) is 103 Å². The molecule has 1 heteroatoms. The molecule has 0 radical (unpaired) electrons. The van der Waals surface area contributed by atoms with Crippen molar-refractivity contribution in [1.82, 2.24) is 0 Å². The molecular formula is C55H43N. The highest BCUT2D eigenvalue weighted by Gasteiger charge is 2.36. The second kappa shape index (κ2) is 13.9. The molecule has 8 aromatic carbocycles. The molecule has 1 nitrogen and oxygen atoms in total. The first-order valence-corrected chi connectivity index (χ1v) is 19.8. The molecule has 1 unspecified atom stereocenters. The van der Waals surface area contributed by atoms with E-state index in [0.29, 0.717) is 0 Å². The van der Waals surface area contributed by atoms with Gasteiger partial charge in [-0.15, -0.1) is 0 Å². The van der Waals surface area contributed by atoms with E-state index >= 15 is 0 Å². The highest BCUT2D eigenvalue weighted by Crippen LogP contribution is 2.51. The molecule has 2 aliphatic rings. The van der Waals surface area contributed by atoms with Crippen molar-refractivity contribution >= 4 is 33.4 Å². The van der Waals surface area contributed by atoms with Crippen LogP contribution in [0.4, 0.5) is 17.1 Å². The summed E-state index contributed by atoms with van der Waals surface area (Å²) in [4.78, 5) is 2.50. The van der Waals surface area contributed by atoms with Gasteiger partial charge >= 0.3 is 0 Å². The number of anilines is 3. The van der Waals surface area contributed by atoms with E-state index in [4.69, 9.17) is 0 Å². The van der Waals surface area contributed by atoms with Crippen LogP contribution in [0.2, 0.25) is 0 Å². The first kappa shape index (κ1) is 33.8. The Bertz CT molecular complexity index is 2810. The lowest BCUT2D eigenvalue weighted by Gasteiger charge is -2.31. The summed E-state index contributed by atoms with van der Waals surface area (Å²) in [5, 5.41) is 2.62. The van der Waals surface area contributed by atoms with Crippen LogP contribution < -0.4 is 4.90 Å². The van der Waals surface area contributed by atoms with Gasteiger partial charge in [0.15, 0.2) is 0 Å². The van der Waals surface area contributed by atoms with Gasteiger partial charge in [0.1, 0.15) is 0 Å². The van der Waals surface area contributed by atoms with Crippen molar-refractivity contribution < 1.29 is 0 Å². The summed E-state index contributed by atoms with van der Waals surface area (Å²) in [5.74, 6) is 0.278. The van der Waals surface area contributed by atoms with Crippen molar-refractivity contribution in [3.05, 3.63) is 229 Å². The van der Waals surface area contributed by atoms with Crippen molar-refractivity contribution in [2.24, 2.45) is 0 Å². The smallest absolute Gasteiger partial charge is 0.0536 e. The van der Waals surface area contributed by atoms with Crippen LogP contribution in [-0.4, -0.2) is 0 Å². The number of hydrogen-bond acceptors (Lipinski definition) is 1. The zero-order chi connectivity index (χ0) is 37.6. The minimum absolute atomic E-state index is 0.119. The normalized spacial score (nSPS) is 15.2. The lowest BCUT2D eigenvalue weighted by molar-refractivity contribution is 0.660. The van der Waals surface area contributed by atoms with Crippen molar-refractivity contribution in [3.63, 3.8) is 0 Å². The number of para-hydroxylation sites is 1. The molecule has 0 aliphatic heterocycles. The molecular weight excluding hydrogens is 675 g/mol. The fourth-order valence-corrected chi connectivity index (χ4v) is 9.28. The van der Waals surface area contributed by atoms with Crippen molar-refractivity contribution in [2.75, 3.05) is 4.90 Å². The summed E-state index contributed by atoms with van der Waals surface area (Å²) in [6, 6.07) is 69.2. The zero-order valence-corrected chi connectivity index (χ0v) is 31.9. The summed E-state index contributed by atoms with van der Waals surface area (Å²) < 4.78 is 0. The van der Waals surface area contributed by atoms with Crippen LogP contribution in [-0.2, 0) is 5.41 Å². The quantitative estimate of drug-likeness (QED) is 0.159. The lowest BCUT2D eigenvalue weighted by Crippen LogP contribution is -2.17. The predicted octanol–water partition coefficient (Wildman–Crippen LogP) is 15.1. The van der Waals surface area contributed by atoms with Crippen LogP contribution in [0, 0.1) is 0 Å². The molecule has 0 saturated heterocycles. The Morgan fingerprint density at radius 1 is 0.482 bits per heavy atom. The van der Waals surface area contributed by atoms with Crippen LogP contribution in [0.5, 0.6) is 0 Å². The largest absolute Gasteiger partial charge is 0.310 e. The van der Waals surface area contributed by atoms with Gasteiger partial charge in [-0.25, -0.2) is 0 Å². The summed E-state index contributed by atoms with van der Waals surface area (Å²) in [6.07, 6.45) is 7.89. The number of allylic oxidation sites excluding steroid dienone is 4. The fourth-order valence-electron chi connectivity index (χ4n) is 9.28. The van der Waals surface area contributed by atoms with Crippen LogP contribution in [0.3, 0.4) is 0 Å². The number of fused-ring (bicyclic) bond motifs is 4. The van der Waals surface area contributed by atoms with E-state index in [1.165, 1.54) is 77.7 Å². The molecule has 10 rings (SSSR count). The summed E-state index contributed by atoms with van der Waals surface area (Å²) >= 11 is 0. The van der Waals surface area contributed by atoms with Crippen LogP contribution in [0.1, 0.15) is 48.4 Å². The number of nitrogens with zero attached hydrogens (tertiary/aromatic N) is 1. The van der Waals surface area contributed by atoms with Gasteiger partial charge in [0.05, 0.1) is 5.69 Å². The van der Waals surface area contributed by atoms with E-state index in [1.54, 1.807) is 0 Å². The van der Waals surface area contributed by atoms with Crippen LogP contribution in [0.25, 0.3) is 49.7 Å². The maximum atomic E-state index is 2.50. The van der Waals surface area contributed by atoms with E-state index in [1.807, 2.05) is 0 Å². The SMILES string of the molecule is CC1(C)c2ccccc2-c2ccc(N(c3cccc(-c4ccccc4-c4ccccc4)c3)c3ccccc3C3=CC=CC(c4cccc5ccccc45)C3)cc21. The Balaban J connectivity index is 1.13. The Morgan fingerprint density at radius 3 is 1.96 bits per heavy atom. The minimum atomic E-state index is -0.119. The standard InChI is InChI=1S/C55H43N/c1-55(2)52-31-12-10-29-50(52)51-34-33-44(37-53(51)55)56(43-24-15-23-42(36-43)47-27-9-8-26-45(47)38-17-4-3-5-18-38)54-32-13-11-28-49(54)41-22-14-21-40(35-41)48-30-16-20-39-19-6-7-25-46(39)48/h3-34,36-37,40H,35H2,1-2H3. The molecule has 56 heavy (non-hydrogen) atoms. The monoisotopic (exact) mass is 717 g/mol. The first-order valence-electron chi connectivity index (χ1n) is 19.8. The number of rotatable bonds is 7. The third-order valence-corrected chi connectivity index (χ3v) is 12.0. The Morgan fingerprint density at radius 2 is 1.11 bits per heavy atom. The van der Waals surface area contributed by atoms with E-state index < -0.39 is 0 Å². The highest BCUT2D eigenvalue weighted by molar-refractivity contribution is 5.93. The van der Waals surface area contributed by atoms with Crippen molar-refractivity contribution in [3.8, 4) is 33.4 Å². The van der Waals surface area contributed by atoms with Gasteiger partial charge in [0, 0.05) is 28.3 Å². The first-order chi connectivity index (χ1) is 27.5. The van der Waals surface area contributed by atoms with Crippen LogP contribution in [0.15, 0.2) is 206 Å². The topological polar surface area (TPSA) is 3.24 Å². The second-order valence-electron chi connectivity index (χ2n) is 15.7. The van der Waals surface area contributed by atoms with E-state index in [2.05, 4.69) is 225 Å². The summed E-state index contributed by atoms with van der Waals surface area (Å²) in [6.45, 7) is 4.74. The Labute approximate surface area is 330 Å². The lowest BCUT2D eigenvalue weighted by atomic mass is 9.82. The van der Waals surface area contributed by atoms with Gasteiger partial charge in [0.2, 0.25) is 0 Å². The molecule has 1 atom stereocenters. The maximum absolute atomic E-state index is 2.50. The predicted molar refractivity (Wildman–Crippen MR) is 238 cm³/mol. The van der Waals surface area contributed by atoms with E-state index in [0.717, 1.165) is 17.8 Å². The van der Waals surface area contributed by atoms with Gasteiger partial charge in [-0.3, -0.25) is 0 Å². The summed E-state index contributed by atoms with van der Waals surface area (Å²) in [5.41, 5.74) is 17.6. The van der Waals surface area contributed by atoms with Gasteiger partial charge in [-0.1, -0.05) is 190 Å². The molecule has 0 bridgehead atoms. The second-order valence-corrected chi connectivity index (χ2v) is 15.7. The van der Waals surface area contributed by atoms with Gasteiger partial charge in [-0.2, -0.15) is 0 Å². The van der Waals surface area contributed by atoms with E-state index in [-0.39, 0.29) is 11.3 Å². The molecule has 0 amide bonds. The van der Waals surface area contributed by atoms with Crippen molar-refractivity contribution in [2.45, 2.75) is 31.6 Å². The van der Waals surface area contributed by atoms with Gasteiger partial charge < -0.3 is 4.90 Å². The zero-order valence-electron chi connectivity index (χ0n) is 31.9. The molecule has 2 aliphatic carbocycles. The van der Waals surface area contributed by atoms with Gasteiger partial charge in [0.25, 0.3) is 0 Å². The molecule has 0 spiro atoms. The number of hydrogen-bond donors (Lipinski definition) is 0. The molecule has 8 aromatic rings. The highest BCUT2D eigenvalue weighted by atomic mass is 15.1.